The lowest BCUT2D eigenvalue weighted by atomic mass is 10.1. The summed E-state index contributed by atoms with van der Waals surface area (Å²) in [6.45, 7) is 0.154. The van der Waals surface area contributed by atoms with Crippen molar-refractivity contribution < 1.29 is 14.3 Å². The molecule has 150 valence electrons. The van der Waals surface area contributed by atoms with Crippen LogP contribution in [0, 0.1) is 0 Å². The quantitative estimate of drug-likeness (QED) is 0.624. The van der Waals surface area contributed by atoms with Crippen molar-refractivity contribution in [2.45, 2.75) is 6.54 Å². The Morgan fingerprint density at radius 3 is 2.47 bits per heavy atom. The molecule has 5 nitrogen and oxygen atoms in total. The molecule has 1 N–H and O–H groups in total. The van der Waals surface area contributed by atoms with Gasteiger partial charge >= 0.3 is 0 Å². The van der Waals surface area contributed by atoms with E-state index in [9.17, 15) is 9.59 Å². The minimum absolute atomic E-state index is 0.129. The van der Waals surface area contributed by atoms with Crippen molar-refractivity contribution in [2.24, 2.45) is 0 Å². The van der Waals surface area contributed by atoms with Gasteiger partial charge in [0.1, 0.15) is 6.54 Å². The number of benzene rings is 3. The van der Waals surface area contributed by atoms with Crippen LogP contribution < -0.4 is 15.0 Å². The number of rotatable bonds is 5. The van der Waals surface area contributed by atoms with E-state index in [0.29, 0.717) is 16.5 Å². The Kier molecular flexibility index (Phi) is 5.82. The molecular formula is C24H19ClN2O3. The van der Waals surface area contributed by atoms with Gasteiger partial charge in [0.15, 0.2) is 11.5 Å². The molecule has 1 heterocycles. The number of para-hydroxylation sites is 2. The van der Waals surface area contributed by atoms with E-state index in [1.165, 1.54) is 4.90 Å². The molecule has 0 fully saturated rings. The summed E-state index contributed by atoms with van der Waals surface area (Å²) >= 11 is 6.15. The van der Waals surface area contributed by atoms with Gasteiger partial charge in [-0.2, -0.15) is 0 Å². The second kappa shape index (κ2) is 8.84. The number of anilines is 1. The largest absolute Gasteiger partial charge is 0.449 e. The molecule has 2 amide bonds. The number of carbonyl (C=O) groups excluding carboxylic acids is 2. The highest BCUT2D eigenvalue weighted by atomic mass is 35.5. The van der Waals surface area contributed by atoms with Gasteiger partial charge in [-0.25, -0.2) is 0 Å². The average molecular weight is 419 g/mol. The van der Waals surface area contributed by atoms with Crippen LogP contribution in [0.3, 0.4) is 0 Å². The summed E-state index contributed by atoms with van der Waals surface area (Å²) in [4.78, 5) is 27.1. The maximum Gasteiger partial charge on any atom is 0.294 e. The molecule has 0 atom stereocenters. The molecule has 6 heteroatoms. The first kappa shape index (κ1) is 19.7. The van der Waals surface area contributed by atoms with E-state index >= 15 is 0 Å². The van der Waals surface area contributed by atoms with Gasteiger partial charge in [-0.1, -0.05) is 72.3 Å². The zero-order chi connectivity index (χ0) is 20.9. The second-order valence-electron chi connectivity index (χ2n) is 6.75. The average Bonchev–Trinajstić information content (AvgIpc) is 2.77. The van der Waals surface area contributed by atoms with E-state index in [0.717, 1.165) is 11.1 Å². The lowest BCUT2D eigenvalue weighted by Crippen LogP contribution is -2.44. The molecule has 0 radical (unpaired) electrons. The van der Waals surface area contributed by atoms with Crippen LogP contribution in [-0.4, -0.2) is 18.4 Å². The minimum atomic E-state index is -0.370. The van der Waals surface area contributed by atoms with Gasteiger partial charge in [-0.05, 0) is 35.4 Å². The molecule has 1 aliphatic rings. The number of hydrogen-bond donors (Lipinski definition) is 1. The minimum Gasteiger partial charge on any atom is -0.449 e. The Morgan fingerprint density at radius 1 is 0.967 bits per heavy atom. The summed E-state index contributed by atoms with van der Waals surface area (Å²) in [5.74, 6) is 0.0291. The molecule has 3 aromatic rings. The zero-order valence-corrected chi connectivity index (χ0v) is 16.8. The summed E-state index contributed by atoms with van der Waals surface area (Å²) in [7, 11) is 0. The number of nitrogens with zero attached hydrogens (tertiary/aromatic N) is 1. The number of carbonyl (C=O) groups is 2. The van der Waals surface area contributed by atoms with E-state index < -0.39 is 0 Å². The molecule has 0 saturated carbocycles. The van der Waals surface area contributed by atoms with E-state index in [1.54, 1.807) is 30.3 Å². The van der Waals surface area contributed by atoms with E-state index in [1.807, 2.05) is 54.6 Å². The van der Waals surface area contributed by atoms with Crippen LogP contribution in [-0.2, 0) is 16.1 Å². The van der Waals surface area contributed by atoms with E-state index in [4.69, 9.17) is 16.3 Å². The summed E-state index contributed by atoms with van der Waals surface area (Å²) in [6, 6.07) is 23.9. The molecule has 0 spiro atoms. The summed E-state index contributed by atoms with van der Waals surface area (Å²) < 4.78 is 5.83. The molecule has 30 heavy (non-hydrogen) atoms. The van der Waals surface area contributed by atoms with Crippen LogP contribution in [0.1, 0.15) is 11.1 Å². The van der Waals surface area contributed by atoms with Crippen molar-refractivity contribution in [3.63, 3.8) is 0 Å². The van der Waals surface area contributed by atoms with Crippen LogP contribution in [0.4, 0.5) is 5.69 Å². The topological polar surface area (TPSA) is 58.6 Å². The molecule has 0 unspecified atom stereocenters. The number of ether oxygens (including phenoxy) is 1. The number of nitrogens with one attached hydrogen (secondary N) is 1. The lowest BCUT2D eigenvalue weighted by Gasteiger charge is -2.30. The fraction of sp³-hybridized carbons (Fsp3) is 0.0833. The molecule has 0 saturated heterocycles. The molecular weight excluding hydrogens is 400 g/mol. The summed E-state index contributed by atoms with van der Waals surface area (Å²) in [6.07, 6.45) is 1.67. The highest BCUT2D eigenvalue weighted by Crippen LogP contribution is 2.35. The Labute approximate surface area is 179 Å². The monoisotopic (exact) mass is 418 g/mol. The van der Waals surface area contributed by atoms with Gasteiger partial charge in [-0.3, -0.25) is 14.5 Å². The normalized spacial score (nSPS) is 14.2. The first-order chi connectivity index (χ1) is 14.6. The Hall–Kier alpha value is -3.57. The smallest absolute Gasteiger partial charge is 0.294 e. The van der Waals surface area contributed by atoms with Crippen molar-refractivity contribution in [2.75, 3.05) is 11.4 Å². The Bertz CT molecular complexity index is 1110. The number of amides is 2. The van der Waals surface area contributed by atoms with Crippen molar-refractivity contribution in [1.29, 1.82) is 0 Å². The predicted octanol–water partition coefficient (Wildman–Crippen LogP) is 4.42. The number of fused-ring (bicyclic) bond motifs is 1. The van der Waals surface area contributed by atoms with E-state index in [-0.39, 0.29) is 30.7 Å². The van der Waals surface area contributed by atoms with E-state index in [2.05, 4.69) is 5.32 Å². The van der Waals surface area contributed by atoms with Crippen LogP contribution in [0.25, 0.3) is 6.08 Å². The molecule has 1 aliphatic heterocycles. The van der Waals surface area contributed by atoms with Crippen molar-refractivity contribution in [3.8, 4) is 5.75 Å². The first-order valence-electron chi connectivity index (χ1n) is 9.47. The fourth-order valence-electron chi connectivity index (χ4n) is 3.15. The molecule has 0 aromatic heterocycles. The third-order valence-electron chi connectivity index (χ3n) is 4.66. The highest BCUT2D eigenvalue weighted by Gasteiger charge is 2.31. The standard InChI is InChI=1S/C24H19ClN2O3/c25-19-11-5-4-10-18(19)15-26-23(28)16-27-20-12-6-7-13-21(20)30-22(24(27)29)14-17-8-2-1-3-9-17/h1-14H,15-16H2,(H,26,28)/b22-14+. The molecule has 3 aromatic carbocycles. The SMILES string of the molecule is O=C(CN1C(=O)/C(=C\c2ccccc2)Oc2ccccc21)NCc1ccccc1Cl. The van der Waals surface area contributed by atoms with Crippen LogP contribution in [0.5, 0.6) is 5.75 Å². The fourth-order valence-corrected chi connectivity index (χ4v) is 3.36. The lowest BCUT2D eigenvalue weighted by molar-refractivity contribution is -0.123. The Balaban J connectivity index is 1.55. The van der Waals surface area contributed by atoms with Crippen molar-refractivity contribution >= 4 is 35.2 Å². The summed E-state index contributed by atoms with van der Waals surface area (Å²) in [5.41, 5.74) is 2.20. The van der Waals surface area contributed by atoms with Gasteiger partial charge in [0.05, 0.1) is 5.69 Å². The zero-order valence-electron chi connectivity index (χ0n) is 16.0. The van der Waals surface area contributed by atoms with Gasteiger partial charge in [0, 0.05) is 11.6 Å². The maximum atomic E-state index is 13.1. The predicted molar refractivity (Wildman–Crippen MR) is 117 cm³/mol. The van der Waals surface area contributed by atoms with Gasteiger partial charge < -0.3 is 10.1 Å². The van der Waals surface area contributed by atoms with Gasteiger partial charge in [0.25, 0.3) is 5.91 Å². The molecule has 0 aliphatic carbocycles. The van der Waals surface area contributed by atoms with Crippen LogP contribution in [0.2, 0.25) is 5.02 Å². The third-order valence-corrected chi connectivity index (χ3v) is 5.03. The second-order valence-corrected chi connectivity index (χ2v) is 7.16. The van der Waals surface area contributed by atoms with Crippen LogP contribution in [0.15, 0.2) is 84.6 Å². The van der Waals surface area contributed by atoms with Gasteiger partial charge in [-0.15, -0.1) is 0 Å². The van der Waals surface area contributed by atoms with Crippen molar-refractivity contribution in [3.05, 3.63) is 101 Å². The Morgan fingerprint density at radius 2 is 1.67 bits per heavy atom. The van der Waals surface area contributed by atoms with Crippen molar-refractivity contribution in [1.82, 2.24) is 5.32 Å². The number of hydrogen-bond acceptors (Lipinski definition) is 3. The molecule has 0 bridgehead atoms. The number of halogens is 1. The van der Waals surface area contributed by atoms with Crippen LogP contribution >= 0.6 is 11.6 Å². The van der Waals surface area contributed by atoms with Gasteiger partial charge in [0.2, 0.25) is 5.91 Å². The summed E-state index contributed by atoms with van der Waals surface area (Å²) in [5, 5.41) is 3.41. The highest BCUT2D eigenvalue weighted by molar-refractivity contribution is 6.31. The molecule has 4 rings (SSSR count). The maximum absolute atomic E-state index is 13.1. The first-order valence-corrected chi connectivity index (χ1v) is 9.85. The third kappa shape index (κ3) is 4.36.